The van der Waals surface area contributed by atoms with E-state index in [1.54, 1.807) is 4.90 Å². The van der Waals surface area contributed by atoms with Gasteiger partial charge in [-0.3, -0.25) is 4.79 Å². The summed E-state index contributed by atoms with van der Waals surface area (Å²) in [7, 11) is 0. The first kappa shape index (κ1) is 15.2. The molecule has 2 rings (SSSR count). The van der Waals surface area contributed by atoms with Crippen molar-refractivity contribution in [2.45, 2.75) is 19.1 Å². The summed E-state index contributed by atoms with van der Waals surface area (Å²) < 4.78 is 19.1. The van der Waals surface area contributed by atoms with Crippen molar-refractivity contribution in [2.24, 2.45) is 0 Å². The molecule has 0 saturated carbocycles. The van der Waals surface area contributed by atoms with Gasteiger partial charge in [-0.15, -0.1) is 0 Å². The highest BCUT2D eigenvalue weighted by Gasteiger charge is 2.31. The van der Waals surface area contributed by atoms with E-state index >= 15 is 0 Å². The largest absolute Gasteiger partial charge is 0.396 e. The van der Waals surface area contributed by atoms with Gasteiger partial charge in [-0.05, 0) is 35.0 Å². The van der Waals surface area contributed by atoms with Crippen LogP contribution in [-0.4, -0.2) is 47.8 Å². The van der Waals surface area contributed by atoms with E-state index in [0.717, 1.165) is 0 Å². The molecular weight excluding hydrogens is 331 g/mol. The second-order valence-corrected chi connectivity index (χ2v) is 5.65. The number of nitrogens with zero attached hydrogens (tertiary/aromatic N) is 1. The Morgan fingerprint density at radius 2 is 2.35 bits per heavy atom. The van der Waals surface area contributed by atoms with Gasteiger partial charge in [0.05, 0.1) is 36.6 Å². The Bertz CT molecular complexity index is 527. The summed E-state index contributed by atoms with van der Waals surface area (Å²) in [5.74, 6) is -0.838. The van der Waals surface area contributed by atoms with Gasteiger partial charge >= 0.3 is 0 Å². The predicted octanol–water partition coefficient (Wildman–Crippen LogP) is 1.39. The number of benzene rings is 1. The second-order valence-electron chi connectivity index (χ2n) is 4.80. The average molecular weight is 347 g/mol. The molecule has 0 radical (unpaired) electrons. The zero-order chi connectivity index (χ0) is 14.9. The minimum atomic E-state index is -0.573. The number of nitrogens with two attached hydrogens (primary N) is 1. The maximum Gasteiger partial charge on any atom is 0.255 e. The molecule has 0 aliphatic carbocycles. The van der Waals surface area contributed by atoms with E-state index in [-0.39, 0.29) is 24.2 Å². The van der Waals surface area contributed by atoms with E-state index < -0.39 is 11.9 Å². The molecule has 2 atom stereocenters. The van der Waals surface area contributed by atoms with Gasteiger partial charge in [0.25, 0.3) is 5.91 Å². The number of anilines is 1. The van der Waals surface area contributed by atoms with Gasteiger partial charge in [-0.25, -0.2) is 4.39 Å². The summed E-state index contributed by atoms with van der Waals surface area (Å²) in [4.78, 5) is 14.1. The lowest BCUT2D eigenvalue weighted by atomic mass is 10.1. The Morgan fingerprint density at radius 3 is 3.00 bits per heavy atom. The summed E-state index contributed by atoms with van der Waals surface area (Å²) in [5.41, 5.74) is 5.74. The van der Waals surface area contributed by atoms with Crippen LogP contribution in [0.3, 0.4) is 0 Å². The lowest BCUT2D eigenvalue weighted by Gasteiger charge is -2.37. The minimum Gasteiger partial charge on any atom is -0.396 e. The monoisotopic (exact) mass is 346 g/mol. The molecule has 1 aliphatic rings. The zero-order valence-corrected chi connectivity index (χ0v) is 12.6. The number of ether oxygens (including phenoxy) is 1. The fraction of sp³-hybridized carbons (Fsp3) is 0.462. The van der Waals surface area contributed by atoms with Crippen LogP contribution in [0, 0.1) is 5.82 Å². The number of hydrogen-bond acceptors (Lipinski definition) is 4. The standard InChI is InChI=1S/C13H16BrFN2O3/c1-7-6-20-8(5-18)4-17(7)13(19)9-2-12(16)11(15)3-10(9)14/h2-3,7-8,18H,4-6,16H2,1H3. The van der Waals surface area contributed by atoms with Crippen molar-refractivity contribution in [2.75, 3.05) is 25.5 Å². The number of carbonyl (C=O) groups excluding carboxylic acids is 1. The van der Waals surface area contributed by atoms with Crippen LogP contribution in [0.15, 0.2) is 16.6 Å². The highest BCUT2D eigenvalue weighted by Crippen LogP contribution is 2.25. The fourth-order valence-electron chi connectivity index (χ4n) is 2.10. The number of aliphatic hydroxyl groups excluding tert-OH is 1. The van der Waals surface area contributed by atoms with E-state index in [1.807, 2.05) is 6.92 Å². The molecule has 7 heteroatoms. The van der Waals surface area contributed by atoms with E-state index in [0.29, 0.717) is 23.2 Å². The van der Waals surface area contributed by atoms with Crippen LogP contribution >= 0.6 is 15.9 Å². The molecule has 3 N–H and O–H groups in total. The van der Waals surface area contributed by atoms with Crippen LogP contribution in [0.1, 0.15) is 17.3 Å². The molecule has 1 aliphatic heterocycles. The first-order valence-corrected chi connectivity index (χ1v) is 7.01. The number of amides is 1. The van der Waals surface area contributed by atoms with Gasteiger partial charge in [0, 0.05) is 11.0 Å². The molecule has 1 fully saturated rings. The molecule has 2 unspecified atom stereocenters. The maximum atomic E-state index is 13.3. The SMILES string of the molecule is CC1COC(CO)CN1C(=O)c1cc(N)c(F)cc1Br. The second kappa shape index (κ2) is 6.07. The normalized spacial score (nSPS) is 22.9. The van der Waals surface area contributed by atoms with Crippen molar-refractivity contribution in [3.8, 4) is 0 Å². The van der Waals surface area contributed by atoms with Gasteiger partial charge in [0.15, 0.2) is 0 Å². The molecule has 1 saturated heterocycles. The number of halogens is 2. The Balaban J connectivity index is 2.28. The lowest BCUT2D eigenvalue weighted by Crippen LogP contribution is -2.52. The summed E-state index contributed by atoms with van der Waals surface area (Å²) in [6, 6.07) is 2.37. The number of hydrogen-bond donors (Lipinski definition) is 2. The van der Waals surface area contributed by atoms with Crippen LogP contribution in [0.4, 0.5) is 10.1 Å². The Labute approximate surface area is 124 Å². The summed E-state index contributed by atoms with van der Waals surface area (Å²) in [6.45, 7) is 2.35. The molecule has 0 aromatic heterocycles. The van der Waals surface area contributed by atoms with Gasteiger partial charge < -0.3 is 20.5 Å². The quantitative estimate of drug-likeness (QED) is 0.793. The van der Waals surface area contributed by atoms with Crippen LogP contribution in [0.2, 0.25) is 0 Å². The molecular formula is C13H16BrFN2O3. The third-order valence-electron chi connectivity index (χ3n) is 3.29. The third-order valence-corrected chi connectivity index (χ3v) is 3.94. The summed E-state index contributed by atoms with van der Waals surface area (Å²) in [5, 5.41) is 9.14. The van der Waals surface area contributed by atoms with Gasteiger partial charge in [0.2, 0.25) is 0 Å². The summed E-state index contributed by atoms with van der Waals surface area (Å²) in [6.07, 6.45) is -0.397. The number of carbonyl (C=O) groups is 1. The van der Waals surface area contributed by atoms with Crippen molar-refractivity contribution in [3.05, 3.63) is 28.0 Å². The third kappa shape index (κ3) is 2.94. The lowest BCUT2D eigenvalue weighted by molar-refractivity contribution is -0.0667. The Morgan fingerprint density at radius 1 is 1.65 bits per heavy atom. The number of morpholine rings is 1. The predicted molar refractivity (Wildman–Crippen MR) is 75.8 cm³/mol. The van der Waals surface area contributed by atoms with Crippen molar-refractivity contribution < 1.29 is 19.0 Å². The molecule has 1 heterocycles. The fourth-order valence-corrected chi connectivity index (χ4v) is 2.58. The van der Waals surface area contributed by atoms with Gasteiger partial charge in [-0.1, -0.05) is 0 Å². The highest BCUT2D eigenvalue weighted by molar-refractivity contribution is 9.10. The molecule has 20 heavy (non-hydrogen) atoms. The maximum absolute atomic E-state index is 13.3. The van der Waals surface area contributed by atoms with Crippen molar-refractivity contribution >= 4 is 27.5 Å². The Kier molecular flexibility index (Phi) is 4.62. The molecule has 0 bridgehead atoms. The van der Waals surface area contributed by atoms with E-state index in [4.69, 9.17) is 15.6 Å². The van der Waals surface area contributed by atoms with Crippen LogP contribution in [0.5, 0.6) is 0 Å². The zero-order valence-electron chi connectivity index (χ0n) is 11.0. The number of rotatable bonds is 2. The first-order chi connectivity index (χ1) is 9.43. The molecule has 1 aromatic rings. The Hall–Kier alpha value is -1.18. The first-order valence-electron chi connectivity index (χ1n) is 6.22. The van der Waals surface area contributed by atoms with Crippen molar-refractivity contribution in [1.82, 2.24) is 4.90 Å². The van der Waals surface area contributed by atoms with Crippen molar-refractivity contribution in [1.29, 1.82) is 0 Å². The van der Waals surface area contributed by atoms with E-state index in [2.05, 4.69) is 15.9 Å². The highest BCUT2D eigenvalue weighted by atomic mass is 79.9. The average Bonchev–Trinajstić information content (AvgIpc) is 2.42. The number of aliphatic hydroxyl groups is 1. The van der Waals surface area contributed by atoms with E-state index in [1.165, 1.54) is 12.1 Å². The molecule has 5 nitrogen and oxygen atoms in total. The van der Waals surface area contributed by atoms with Crippen LogP contribution in [0.25, 0.3) is 0 Å². The van der Waals surface area contributed by atoms with Crippen LogP contribution < -0.4 is 5.73 Å². The molecule has 110 valence electrons. The van der Waals surface area contributed by atoms with E-state index in [9.17, 15) is 9.18 Å². The van der Waals surface area contributed by atoms with Gasteiger partial charge in [-0.2, -0.15) is 0 Å². The molecule has 1 aromatic carbocycles. The minimum absolute atomic E-state index is 0.0730. The topological polar surface area (TPSA) is 75.8 Å². The molecule has 0 spiro atoms. The number of nitrogen functional groups attached to an aromatic ring is 1. The smallest absolute Gasteiger partial charge is 0.255 e. The summed E-state index contributed by atoms with van der Waals surface area (Å²) >= 11 is 3.18. The van der Waals surface area contributed by atoms with Gasteiger partial charge in [0.1, 0.15) is 5.82 Å². The van der Waals surface area contributed by atoms with Crippen molar-refractivity contribution in [3.63, 3.8) is 0 Å². The van der Waals surface area contributed by atoms with Crippen LogP contribution in [-0.2, 0) is 4.74 Å². The molecule has 1 amide bonds.